The first-order chi connectivity index (χ1) is 11.6. The van der Waals surface area contributed by atoms with Gasteiger partial charge in [-0.1, -0.05) is 29.8 Å². The molecule has 1 fully saturated rings. The van der Waals surface area contributed by atoms with E-state index >= 15 is 0 Å². The molecule has 0 saturated heterocycles. The molecule has 5 heteroatoms. The smallest absolute Gasteiger partial charge is 0.127 e. The highest BCUT2D eigenvalue weighted by Crippen LogP contribution is 2.29. The Morgan fingerprint density at radius 1 is 1.17 bits per heavy atom. The van der Waals surface area contributed by atoms with Crippen LogP contribution in [-0.2, 0) is 6.54 Å². The van der Waals surface area contributed by atoms with E-state index < -0.39 is 6.10 Å². The van der Waals surface area contributed by atoms with Crippen LogP contribution < -0.4 is 4.74 Å². The third kappa shape index (κ3) is 4.94. The maximum Gasteiger partial charge on any atom is 0.127 e. The van der Waals surface area contributed by atoms with Crippen LogP contribution in [-0.4, -0.2) is 35.3 Å². The fraction of sp³-hybridized carbons (Fsp3) is 0.368. The van der Waals surface area contributed by atoms with Gasteiger partial charge in [-0.05, 0) is 43.2 Å². The maximum atomic E-state index is 13.8. The van der Waals surface area contributed by atoms with E-state index in [1.54, 1.807) is 36.4 Å². The van der Waals surface area contributed by atoms with Gasteiger partial charge in [0, 0.05) is 29.7 Å². The molecule has 3 nitrogen and oxygen atoms in total. The number of benzene rings is 2. The number of aliphatic hydroxyl groups excluding tert-OH is 1. The Bertz CT molecular complexity index is 661. The summed E-state index contributed by atoms with van der Waals surface area (Å²) in [6.45, 7) is 1.17. The summed E-state index contributed by atoms with van der Waals surface area (Å²) >= 11 is 5.83. The highest BCUT2D eigenvalue weighted by atomic mass is 35.5. The molecule has 0 heterocycles. The zero-order valence-electron chi connectivity index (χ0n) is 13.4. The van der Waals surface area contributed by atoms with Crippen LogP contribution in [0.3, 0.4) is 0 Å². The molecule has 2 aromatic rings. The van der Waals surface area contributed by atoms with Crippen LogP contribution in [0.15, 0.2) is 48.5 Å². The molecule has 24 heavy (non-hydrogen) atoms. The topological polar surface area (TPSA) is 32.7 Å². The second-order valence-corrected chi connectivity index (χ2v) is 6.61. The number of aliphatic hydroxyl groups is 1. The summed E-state index contributed by atoms with van der Waals surface area (Å²) in [4.78, 5) is 2.13. The lowest BCUT2D eigenvalue weighted by Gasteiger charge is -2.25. The average molecular weight is 350 g/mol. The first-order valence-electron chi connectivity index (χ1n) is 8.15. The quantitative estimate of drug-likeness (QED) is 0.785. The van der Waals surface area contributed by atoms with E-state index in [-0.39, 0.29) is 12.4 Å². The summed E-state index contributed by atoms with van der Waals surface area (Å²) in [6.07, 6.45) is 1.56. The highest BCUT2D eigenvalue weighted by Gasteiger charge is 2.30. The van der Waals surface area contributed by atoms with Crippen LogP contribution in [0.25, 0.3) is 0 Å². The molecule has 0 aromatic heterocycles. The minimum atomic E-state index is -0.631. The van der Waals surface area contributed by atoms with Crippen molar-refractivity contribution in [3.05, 3.63) is 64.9 Å². The lowest BCUT2D eigenvalue weighted by molar-refractivity contribution is 0.0622. The van der Waals surface area contributed by atoms with Crippen molar-refractivity contribution < 1.29 is 14.2 Å². The predicted octanol–water partition coefficient (Wildman–Crippen LogP) is 3.88. The molecule has 1 aliphatic carbocycles. The van der Waals surface area contributed by atoms with Gasteiger partial charge in [0.15, 0.2) is 0 Å². The van der Waals surface area contributed by atoms with Crippen LogP contribution in [0, 0.1) is 5.82 Å². The molecule has 0 spiro atoms. The lowest BCUT2D eigenvalue weighted by Crippen LogP contribution is -2.36. The van der Waals surface area contributed by atoms with Crippen molar-refractivity contribution in [2.45, 2.75) is 31.5 Å². The third-order valence-corrected chi connectivity index (χ3v) is 4.35. The van der Waals surface area contributed by atoms with Gasteiger partial charge in [0.1, 0.15) is 24.3 Å². The molecule has 3 rings (SSSR count). The molecule has 2 aromatic carbocycles. The number of halogens is 2. The number of ether oxygens (including phenoxy) is 1. The lowest BCUT2D eigenvalue weighted by atomic mass is 10.2. The second-order valence-electron chi connectivity index (χ2n) is 6.17. The third-order valence-electron chi connectivity index (χ3n) is 4.10. The van der Waals surface area contributed by atoms with E-state index in [1.165, 1.54) is 6.07 Å². The van der Waals surface area contributed by atoms with Gasteiger partial charge in [0.25, 0.3) is 0 Å². The SMILES string of the molecule is O[C@@H](COc1ccc(Cl)cc1)CN(Cc1ccccc1F)C1CC1. The highest BCUT2D eigenvalue weighted by molar-refractivity contribution is 6.30. The fourth-order valence-corrected chi connectivity index (χ4v) is 2.80. The molecule has 0 amide bonds. The molecule has 0 radical (unpaired) electrons. The van der Waals surface area contributed by atoms with Gasteiger partial charge >= 0.3 is 0 Å². The van der Waals surface area contributed by atoms with Gasteiger partial charge in [-0.2, -0.15) is 0 Å². The van der Waals surface area contributed by atoms with E-state index in [2.05, 4.69) is 4.90 Å². The van der Waals surface area contributed by atoms with E-state index in [9.17, 15) is 9.50 Å². The Hall–Kier alpha value is -1.62. The van der Waals surface area contributed by atoms with Gasteiger partial charge in [-0.3, -0.25) is 4.90 Å². The van der Waals surface area contributed by atoms with Crippen molar-refractivity contribution in [1.29, 1.82) is 0 Å². The first kappa shape index (κ1) is 17.2. The van der Waals surface area contributed by atoms with Crippen molar-refractivity contribution in [3.8, 4) is 5.75 Å². The van der Waals surface area contributed by atoms with E-state index in [4.69, 9.17) is 16.3 Å². The fourth-order valence-electron chi connectivity index (χ4n) is 2.67. The molecule has 0 aliphatic heterocycles. The maximum absolute atomic E-state index is 13.8. The van der Waals surface area contributed by atoms with Gasteiger partial charge in [-0.25, -0.2) is 4.39 Å². The zero-order valence-corrected chi connectivity index (χ0v) is 14.1. The summed E-state index contributed by atoms with van der Waals surface area (Å²) < 4.78 is 19.4. The molecule has 1 saturated carbocycles. The predicted molar refractivity (Wildman–Crippen MR) is 92.8 cm³/mol. The molecule has 0 unspecified atom stereocenters. The van der Waals surface area contributed by atoms with Crippen molar-refractivity contribution in [3.63, 3.8) is 0 Å². The van der Waals surface area contributed by atoms with Crippen LogP contribution in [0.2, 0.25) is 5.02 Å². The Balaban J connectivity index is 1.53. The van der Waals surface area contributed by atoms with Gasteiger partial charge in [0.05, 0.1) is 0 Å². The molecule has 0 bridgehead atoms. The Morgan fingerprint density at radius 3 is 2.54 bits per heavy atom. The molecule has 1 N–H and O–H groups in total. The van der Waals surface area contributed by atoms with Crippen LogP contribution >= 0.6 is 11.6 Å². The van der Waals surface area contributed by atoms with Gasteiger partial charge in [-0.15, -0.1) is 0 Å². The van der Waals surface area contributed by atoms with Gasteiger partial charge in [0.2, 0.25) is 0 Å². The molecular weight excluding hydrogens is 329 g/mol. The standard InChI is InChI=1S/C19H21ClFNO2/c20-15-5-9-18(10-6-15)24-13-17(23)12-22(16-7-8-16)11-14-3-1-2-4-19(14)21/h1-6,9-10,16-17,23H,7-8,11-13H2/t17-/m1/s1. The van der Waals surface area contributed by atoms with Crippen LogP contribution in [0.4, 0.5) is 4.39 Å². The van der Waals surface area contributed by atoms with Crippen LogP contribution in [0.5, 0.6) is 5.75 Å². The summed E-state index contributed by atoms with van der Waals surface area (Å²) in [7, 11) is 0. The molecule has 1 atom stereocenters. The zero-order chi connectivity index (χ0) is 16.9. The molecular formula is C19H21ClFNO2. The summed E-state index contributed by atoms with van der Waals surface area (Å²) in [5.74, 6) is 0.473. The Kier molecular flexibility index (Phi) is 5.72. The van der Waals surface area contributed by atoms with E-state index in [0.717, 1.165) is 12.8 Å². The average Bonchev–Trinajstić information content (AvgIpc) is 3.41. The van der Waals surface area contributed by atoms with E-state index in [1.807, 2.05) is 6.07 Å². The number of nitrogens with zero attached hydrogens (tertiary/aromatic N) is 1. The molecule has 1 aliphatic rings. The van der Waals surface area contributed by atoms with Crippen molar-refractivity contribution >= 4 is 11.6 Å². The summed E-state index contributed by atoms with van der Waals surface area (Å²) in [5.41, 5.74) is 0.662. The largest absolute Gasteiger partial charge is 0.491 e. The van der Waals surface area contributed by atoms with Crippen molar-refractivity contribution in [2.75, 3.05) is 13.2 Å². The Morgan fingerprint density at radius 2 is 1.88 bits per heavy atom. The van der Waals surface area contributed by atoms with E-state index in [0.29, 0.717) is 35.5 Å². The molecule has 128 valence electrons. The monoisotopic (exact) mass is 349 g/mol. The summed E-state index contributed by atoms with van der Waals surface area (Å²) in [5, 5.41) is 10.9. The number of hydrogen-bond acceptors (Lipinski definition) is 3. The van der Waals surface area contributed by atoms with Crippen LogP contribution in [0.1, 0.15) is 18.4 Å². The van der Waals surface area contributed by atoms with Gasteiger partial charge < -0.3 is 9.84 Å². The second kappa shape index (κ2) is 7.97. The van der Waals surface area contributed by atoms with Crippen molar-refractivity contribution in [2.24, 2.45) is 0 Å². The minimum Gasteiger partial charge on any atom is -0.491 e. The number of hydrogen-bond donors (Lipinski definition) is 1. The normalized spacial score (nSPS) is 15.5. The first-order valence-corrected chi connectivity index (χ1v) is 8.53. The summed E-state index contributed by atoms with van der Waals surface area (Å²) in [6, 6.07) is 14.3. The Labute approximate surface area is 146 Å². The van der Waals surface area contributed by atoms with Crippen molar-refractivity contribution in [1.82, 2.24) is 4.90 Å². The number of rotatable bonds is 8. The minimum absolute atomic E-state index is 0.197.